The van der Waals surface area contributed by atoms with E-state index in [1.54, 1.807) is 0 Å². The van der Waals surface area contributed by atoms with Crippen molar-refractivity contribution >= 4 is 44.9 Å². The highest BCUT2D eigenvalue weighted by molar-refractivity contribution is 6.21. The van der Waals surface area contributed by atoms with Crippen LogP contribution in [-0.2, 0) is 16.2 Å². The summed E-state index contributed by atoms with van der Waals surface area (Å²) in [6.07, 6.45) is 0. The maximum Gasteiger partial charge on any atom is 0.0991 e. The van der Waals surface area contributed by atoms with Crippen molar-refractivity contribution in [2.45, 2.75) is 57.8 Å². The quantitative estimate of drug-likeness (QED) is 0.167. The molecule has 0 aromatic heterocycles. The molecule has 4 nitrogen and oxygen atoms in total. The Labute approximate surface area is 428 Å². The Bertz CT molecular complexity index is 3810. The predicted octanol–water partition coefficient (Wildman–Crippen LogP) is 18.1. The Morgan fingerprint density at radius 2 is 0.753 bits per heavy atom. The number of hydrogen-bond acceptors (Lipinski definition) is 4. The van der Waals surface area contributed by atoms with Gasteiger partial charge in [0.05, 0.1) is 28.7 Å². The van der Waals surface area contributed by atoms with Crippen molar-refractivity contribution in [3.05, 3.63) is 251 Å². The third kappa shape index (κ3) is 6.57. The van der Waals surface area contributed by atoms with Crippen molar-refractivity contribution in [1.29, 1.82) is 10.5 Å². The number of nitriles is 2. The van der Waals surface area contributed by atoms with Crippen LogP contribution in [0.1, 0.15) is 86.1 Å². The number of nitrogens with zero attached hydrogens (tertiary/aromatic N) is 4. The largest absolute Gasteiger partial charge is 0.310 e. The Kier molecular flexibility index (Phi) is 9.66. The lowest BCUT2D eigenvalue weighted by Gasteiger charge is -2.34. The lowest BCUT2D eigenvalue weighted by Crippen LogP contribution is -2.26. The standard InChI is InChI=1S/C69H52N4/c1-67(2,3)45-22-30-49(31-23-45)72(47-26-18-43(41-70)19-27-47)51-34-36-55-56-37-35-52(73(48-28-20-44(42-71)21-29-48)50-32-24-46(25-33-50)68(4,5)6)39-63(56)69(62(55)38-51)61-17-10-9-14-58(61)66-59-16-11-15-57-53-12-7-8-13-54(53)60(65(57)59)40-64(66)69/h7-40H,1-6H3. The summed E-state index contributed by atoms with van der Waals surface area (Å²) in [6.45, 7) is 13.5. The molecule has 10 aromatic carbocycles. The van der Waals surface area contributed by atoms with E-state index in [1.165, 1.54) is 88.7 Å². The Morgan fingerprint density at radius 3 is 1.22 bits per heavy atom. The Morgan fingerprint density at radius 1 is 0.342 bits per heavy atom. The Hall–Kier alpha value is -8.96. The first-order chi connectivity index (χ1) is 35.4. The molecule has 3 aliphatic carbocycles. The molecular weight excluding hydrogens is 885 g/mol. The fraction of sp³-hybridized carbons (Fsp3) is 0.130. The zero-order valence-corrected chi connectivity index (χ0v) is 41.9. The fourth-order valence-electron chi connectivity index (χ4n) is 12.3. The molecule has 348 valence electrons. The summed E-state index contributed by atoms with van der Waals surface area (Å²) < 4.78 is 0. The molecular formula is C69H52N4. The van der Waals surface area contributed by atoms with Crippen LogP contribution in [-0.4, -0.2) is 0 Å². The highest BCUT2D eigenvalue weighted by Crippen LogP contribution is 2.67. The third-order valence-electron chi connectivity index (χ3n) is 15.8. The number of fused-ring (bicyclic) bond motifs is 14. The minimum atomic E-state index is -0.736. The average molecular weight is 937 g/mol. The smallest absolute Gasteiger partial charge is 0.0991 e. The van der Waals surface area contributed by atoms with Gasteiger partial charge in [-0.3, -0.25) is 0 Å². The van der Waals surface area contributed by atoms with Gasteiger partial charge in [-0.1, -0.05) is 145 Å². The molecule has 0 saturated heterocycles. The van der Waals surface area contributed by atoms with Crippen LogP contribution in [0.15, 0.2) is 206 Å². The second-order valence-electron chi connectivity index (χ2n) is 22.0. The maximum atomic E-state index is 9.90. The fourth-order valence-corrected chi connectivity index (χ4v) is 12.3. The van der Waals surface area contributed by atoms with Gasteiger partial charge < -0.3 is 9.80 Å². The van der Waals surface area contributed by atoms with E-state index in [-0.39, 0.29) is 10.8 Å². The van der Waals surface area contributed by atoms with Crippen LogP contribution in [0.5, 0.6) is 0 Å². The summed E-state index contributed by atoms with van der Waals surface area (Å²) in [5.74, 6) is 0. The van der Waals surface area contributed by atoms with Gasteiger partial charge in [-0.05, 0) is 203 Å². The molecule has 0 N–H and O–H groups in total. The first kappa shape index (κ1) is 44.0. The number of hydrogen-bond donors (Lipinski definition) is 0. The van der Waals surface area contributed by atoms with Crippen LogP contribution >= 0.6 is 0 Å². The first-order valence-corrected chi connectivity index (χ1v) is 25.3. The van der Waals surface area contributed by atoms with Crippen molar-refractivity contribution in [2.24, 2.45) is 0 Å². The lowest BCUT2D eigenvalue weighted by atomic mass is 9.70. The summed E-state index contributed by atoms with van der Waals surface area (Å²) in [4.78, 5) is 4.68. The first-order valence-electron chi connectivity index (χ1n) is 25.3. The maximum absolute atomic E-state index is 9.90. The zero-order chi connectivity index (χ0) is 50.0. The molecule has 10 aromatic rings. The second kappa shape index (κ2) is 16.0. The summed E-state index contributed by atoms with van der Waals surface area (Å²) in [6, 6.07) is 80.1. The molecule has 3 aliphatic rings. The minimum Gasteiger partial charge on any atom is -0.310 e. The molecule has 0 bridgehead atoms. The van der Waals surface area contributed by atoms with Crippen molar-refractivity contribution in [3.8, 4) is 56.6 Å². The van der Waals surface area contributed by atoms with Crippen LogP contribution in [0.3, 0.4) is 0 Å². The van der Waals surface area contributed by atoms with Crippen LogP contribution in [0.2, 0.25) is 0 Å². The van der Waals surface area contributed by atoms with Crippen LogP contribution < -0.4 is 9.80 Å². The van der Waals surface area contributed by atoms with Gasteiger partial charge in [0.15, 0.2) is 0 Å². The Balaban J connectivity index is 1.11. The number of anilines is 6. The van der Waals surface area contributed by atoms with Crippen molar-refractivity contribution in [2.75, 3.05) is 9.80 Å². The van der Waals surface area contributed by atoms with E-state index in [0.29, 0.717) is 11.1 Å². The average Bonchev–Trinajstić information content (AvgIpc) is 4.03. The van der Waals surface area contributed by atoms with Gasteiger partial charge in [0, 0.05) is 34.1 Å². The molecule has 0 saturated carbocycles. The van der Waals surface area contributed by atoms with Gasteiger partial charge in [0.1, 0.15) is 0 Å². The highest BCUT2D eigenvalue weighted by atomic mass is 15.1. The van der Waals surface area contributed by atoms with E-state index < -0.39 is 5.41 Å². The van der Waals surface area contributed by atoms with Gasteiger partial charge in [-0.2, -0.15) is 10.5 Å². The molecule has 13 rings (SSSR count). The molecule has 0 amide bonds. The van der Waals surface area contributed by atoms with Gasteiger partial charge >= 0.3 is 0 Å². The minimum absolute atomic E-state index is 0.0110. The van der Waals surface area contributed by atoms with E-state index in [4.69, 9.17) is 0 Å². The van der Waals surface area contributed by atoms with Crippen molar-refractivity contribution in [1.82, 2.24) is 0 Å². The van der Waals surface area contributed by atoms with E-state index >= 15 is 0 Å². The predicted molar refractivity (Wildman–Crippen MR) is 301 cm³/mol. The summed E-state index contributed by atoms with van der Waals surface area (Å²) in [7, 11) is 0. The van der Waals surface area contributed by atoms with Crippen LogP contribution in [0.25, 0.3) is 55.3 Å². The summed E-state index contributed by atoms with van der Waals surface area (Å²) >= 11 is 0. The molecule has 0 atom stereocenters. The molecule has 73 heavy (non-hydrogen) atoms. The van der Waals surface area contributed by atoms with Gasteiger partial charge in [0.2, 0.25) is 0 Å². The normalized spacial score (nSPS) is 13.2. The van der Waals surface area contributed by atoms with E-state index in [2.05, 4.69) is 245 Å². The van der Waals surface area contributed by atoms with Crippen molar-refractivity contribution < 1.29 is 0 Å². The van der Waals surface area contributed by atoms with Crippen molar-refractivity contribution in [3.63, 3.8) is 0 Å². The second-order valence-corrected chi connectivity index (χ2v) is 22.0. The monoisotopic (exact) mass is 936 g/mol. The third-order valence-corrected chi connectivity index (χ3v) is 15.8. The van der Waals surface area contributed by atoms with Gasteiger partial charge in [0.25, 0.3) is 0 Å². The van der Waals surface area contributed by atoms with Crippen LogP contribution in [0.4, 0.5) is 34.1 Å². The number of rotatable bonds is 6. The highest BCUT2D eigenvalue weighted by Gasteiger charge is 2.53. The molecule has 0 unspecified atom stereocenters. The molecule has 4 heteroatoms. The SMILES string of the molecule is CC(C)(C)c1ccc(N(c2ccc(C#N)cc2)c2ccc3c(c2)C2(c4cc(N(c5ccc(C#N)cc5)c5ccc(C(C)(C)C)cc5)ccc4-3)c3ccccc3-c3c2cc2c4c(cccc34)-c3ccccc3-2)cc1. The van der Waals surface area contributed by atoms with Gasteiger partial charge in [-0.25, -0.2) is 0 Å². The van der Waals surface area contributed by atoms with E-state index in [1.807, 2.05) is 24.3 Å². The van der Waals surface area contributed by atoms with E-state index in [9.17, 15) is 10.5 Å². The molecule has 0 radical (unpaired) electrons. The molecule has 1 spiro atoms. The van der Waals surface area contributed by atoms with E-state index in [0.717, 1.165) is 34.1 Å². The number of benzene rings is 10. The topological polar surface area (TPSA) is 54.1 Å². The van der Waals surface area contributed by atoms with Gasteiger partial charge in [-0.15, -0.1) is 0 Å². The molecule has 0 fully saturated rings. The summed E-state index contributed by atoms with van der Waals surface area (Å²) in [5.41, 5.74) is 24.1. The molecule has 0 aliphatic heterocycles. The lowest BCUT2D eigenvalue weighted by molar-refractivity contribution is 0.590. The van der Waals surface area contributed by atoms with Crippen LogP contribution in [0, 0.1) is 22.7 Å². The zero-order valence-electron chi connectivity index (χ0n) is 41.9. The summed E-state index contributed by atoms with van der Waals surface area (Å²) in [5, 5.41) is 22.4. The molecule has 0 heterocycles.